The number of amides is 3. The van der Waals surface area contributed by atoms with E-state index in [2.05, 4.69) is 5.32 Å². The number of hydrogen-bond donors (Lipinski definition) is 2. The third kappa shape index (κ3) is 2.42. The second-order valence-electron chi connectivity index (χ2n) is 7.05. The zero-order valence-electron chi connectivity index (χ0n) is 13.5. The lowest BCUT2D eigenvalue weighted by Crippen LogP contribution is -2.39. The lowest BCUT2D eigenvalue weighted by molar-refractivity contribution is -0.143. The Labute approximate surface area is 144 Å². The molecular formula is C18H18N2O5. The molecule has 1 saturated heterocycles. The van der Waals surface area contributed by atoms with Crippen LogP contribution in [0.15, 0.2) is 24.3 Å². The van der Waals surface area contributed by atoms with Crippen molar-refractivity contribution in [3.63, 3.8) is 0 Å². The minimum Gasteiger partial charge on any atom is -0.478 e. The van der Waals surface area contributed by atoms with Crippen molar-refractivity contribution in [2.45, 2.75) is 19.3 Å². The number of imide groups is 1. The van der Waals surface area contributed by atoms with Crippen molar-refractivity contribution in [3.05, 3.63) is 29.8 Å². The number of benzene rings is 1. The number of carboxylic acid groups (broad SMARTS) is 1. The Hall–Kier alpha value is -2.70. The molecule has 130 valence electrons. The molecule has 4 rings (SSSR count). The van der Waals surface area contributed by atoms with E-state index >= 15 is 0 Å². The van der Waals surface area contributed by atoms with Crippen molar-refractivity contribution >= 4 is 29.4 Å². The molecule has 2 saturated carbocycles. The molecule has 7 nitrogen and oxygen atoms in total. The van der Waals surface area contributed by atoms with E-state index < -0.39 is 11.9 Å². The Morgan fingerprint density at radius 2 is 1.68 bits per heavy atom. The Morgan fingerprint density at radius 3 is 2.28 bits per heavy atom. The molecule has 2 bridgehead atoms. The number of fused-ring (bicyclic) bond motifs is 5. The zero-order chi connectivity index (χ0) is 17.7. The summed E-state index contributed by atoms with van der Waals surface area (Å²) in [5.41, 5.74) is 0.115. The standard InChI is InChI=1S/C18H18N2O5/c21-13(19-12-4-2-1-3-11(12)18(24)25)8-20-16(22)14-9-5-6-10(7-9)15(14)17(20)23/h1-4,9-10,14-15H,5-8H2,(H,19,21)(H,24,25)/t9-,10+,14-,15-/m0/s1. The van der Waals surface area contributed by atoms with Crippen LogP contribution in [-0.2, 0) is 14.4 Å². The Bertz CT molecular complexity index is 761. The summed E-state index contributed by atoms with van der Waals surface area (Å²) in [7, 11) is 0. The number of carbonyl (C=O) groups excluding carboxylic acids is 3. The summed E-state index contributed by atoms with van der Waals surface area (Å²) in [5.74, 6) is -2.19. The molecule has 7 heteroatoms. The molecule has 2 N–H and O–H groups in total. The van der Waals surface area contributed by atoms with Gasteiger partial charge in [0.15, 0.2) is 0 Å². The summed E-state index contributed by atoms with van der Waals surface area (Å²) in [6, 6.07) is 6.02. The maximum absolute atomic E-state index is 12.6. The van der Waals surface area contributed by atoms with Gasteiger partial charge in [-0.2, -0.15) is 0 Å². The fourth-order valence-corrected chi connectivity index (χ4v) is 4.74. The second kappa shape index (κ2) is 5.68. The normalized spacial score (nSPS) is 29.8. The molecule has 1 aromatic rings. The summed E-state index contributed by atoms with van der Waals surface area (Å²) >= 11 is 0. The van der Waals surface area contributed by atoms with E-state index in [1.54, 1.807) is 12.1 Å². The van der Waals surface area contributed by atoms with Gasteiger partial charge in [0.2, 0.25) is 17.7 Å². The van der Waals surface area contributed by atoms with Gasteiger partial charge in [-0.15, -0.1) is 0 Å². The van der Waals surface area contributed by atoms with E-state index in [9.17, 15) is 19.2 Å². The lowest BCUT2D eigenvalue weighted by Gasteiger charge is -2.19. The van der Waals surface area contributed by atoms with Crippen molar-refractivity contribution in [2.24, 2.45) is 23.7 Å². The first-order valence-electron chi connectivity index (χ1n) is 8.44. The molecule has 1 aliphatic heterocycles. The number of nitrogens with zero attached hydrogens (tertiary/aromatic N) is 1. The SMILES string of the molecule is O=C(CN1C(=O)[C@H]2[C@@H]3CC[C@@H](C3)[C@@H]2C1=O)Nc1ccccc1C(=O)O. The maximum atomic E-state index is 12.6. The van der Waals surface area contributed by atoms with Crippen LogP contribution in [0.5, 0.6) is 0 Å². The van der Waals surface area contributed by atoms with Gasteiger partial charge in [-0.3, -0.25) is 19.3 Å². The van der Waals surface area contributed by atoms with Crippen molar-refractivity contribution in [3.8, 4) is 0 Å². The van der Waals surface area contributed by atoms with Crippen molar-refractivity contribution < 1.29 is 24.3 Å². The number of aromatic carboxylic acids is 1. The van der Waals surface area contributed by atoms with Gasteiger partial charge in [-0.1, -0.05) is 12.1 Å². The highest BCUT2D eigenvalue weighted by molar-refractivity contribution is 6.10. The molecule has 1 aromatic carbocycles. The molecule has 2 aliphatic carbocycles. The minimum absolute atomic E-state index is 0.0372. The van der Waals surface area contributed by atoms with Crippen LogP contribution in [0.1, 0.15) is 29.6 Å². The Kier molecular flexibility index (Phi) is 3.59. The van der Waals surface area contributed by atoms with Crippen LogP contribution in [0.4, 0.5) is 5.69 Å². The molecule has 0 radical (unpaired) electrons. The van der Waals surface area contributed by atoms with Crippen LogP contribution < -0.4 is 5.32 Å². The first-order chi connectivity index (χ1) is 12.0. The van der Waals surface area contributed by atoms with Gasteiger partial charge in [0, 0.05) is 0 Å². The molecule has 25 heavy (non-hydrogen) atoms. The molecule has 0 spiro atoms. The zero-order valence-corrected chi connectivity index (χ0v) is 13.5. The number of rotatable bonds is 4. The highest BCUT2D eigenvalue weighted by Gasteiger charge is 2.60. The van der Waals surface area contributed by atoms with Gasteiger partial charge in [-0.25, -0.2) is 4.79 Å². The van der Waals surface area contributed by atoms with Crippen molar-refractivity contribution in [1.82, 2.24) is 4.90 Å². The number of nitrogens with one attached hydrogen (secondary N) is 1. The van der Waals surface area contributed by atoms with E-state index in [0.717, 1.165) is 24.2 Å². The van der Waals surface area contributed by atoms with E-state index in [1.165, 1.54) is 12.1 Å². The number of anilines is 1. The highest BCUT2D eigenvalue weighted by Crippen LogP contribution is 2.56. The predicted molar refractivity (Wildman–Crippen MR) is 86.6 cm³/mol. The number of hydrogen-bond acceptors (Lipinski definition) is 4. The lowest BCUT2D eigenvalue weighted by atomic mass is 9.81. The van der Waals surface area contributed by atoms with Gasteiger partial charge in [0.25, 0.3) is 0 Å². The van der Waals surface area contributed by atoms with Crippen LogP contribution in [-0.4, -0.2) is 40.2 Å². The van der Waals surface area contributed by atoms with Gasteiger partial charge in [0.05, 0.1) is 23.1 Å². The molecule has 0 aromatic heterocycles. The first kappa shape index (κ1) is 15.8. The molecule has 3 aliphatic rings. The highest BCUT2D eigenvalue weighted by atomic mass is 16.4. The van der Waals surface area contributed by atoms with E-state index in [-0.39, 0.29) is 53.3 Å². The molecule has 4 atom stereocenters. The summed E-state index contributed by atoms with van der Waals surface area (Å²) in [6.45, 7) is -0.363. The smallest absolute Gasteiger partial charge is 0.337 e. The third-order valence-corrected chi connectivity index (χ3v) is 5.75. The van der Waals surface area contributed by atoms with E-state index in [0.29, 0.717) is 0 Å². The Balaban J connectivity index is 1.48. The summed E-state index contributed by atoms with van der Waals surface area (Å²) < 4.78 is 0. The van der Waals surface area contributed by atoms with Gasteiger partial charge in [-0.05, 0) is 43.2 Å². The van der Waals surface area contributed by atoms with Crippen molar-refractivity contribution in [1.29, 1.82) is 0 Å². The monoisotopic (exact) mass is 342 g/mol. The summed E-state index contributed by atoms with van der Waals surface area (Å²) in [6.07, 6.45) is 2.91. The maximum Gasteiger partial charge on any atom is 0.337 e. The topological polar surface area (TPSA) is 104 Å². The molecule has 3 fully saturated rings. The summed E-state index contributed by atoms with van der Waals surface area (Å²) in [4.78, 5) is 49.7. The van der Waals surface area contributed by atoms with E-state index in [4.69, 9.17) is 5.11 Å². The molecular weight excluding hydrogens is 324 g/mol. The average molecular weight is 342 g/mol. The predicted octanol–water partition coefficient (Wildman–Crippen LogP) is 1.35. The summed E-state index contributed by atoms with van der Waals surface area (Å²) in [5, 5.41) is 11.6. The van der Waals surface area contributed by atoms with Crippen LogP contribution >= 0.6 is 0 Å². The quantitative estimate of drug-likeness (QED) is 0.804. The molecule has 1 heterocycles. The number of likely N-dealkylation sites (tertiary alicyclic amines) is 1. The number of carbonyl (C=O) groups is 4. The Morgan fingerprint density at radius 1 is 1.08 bits per heavy atom. The molecule has 0 unspecified atom stereocenters. The van der Waals surface area contributed by atoms with Crippen molar-refractivity contribution in [2.75, 3.05) is 11.9 Å². The van der Waals surface area contributed by atoms with Crippen LogP contribution in [0.2, 0.25) is 0 Å². The van der Waals surface area contributed by atoms with Gasteiger partial charge < -0.3 is 10.4 Å². The van der Waals surface area contributed by atoms with E-state index in [1.807, 2.05) is 0 Å². The second-order valence-corrected chi connectivity index (χ2v) is 7.05. The fraction of sp³-hybridized carbons (Fsp3) is 0.444. The first-order valence-corrected chi connectivity index (χ1v) is 8.44. The average Bonchev–Trinajstić information content (AvgIpc) is 3.25. The molecule has 3 amide bonds. The number of carboxylic acids is 1. The minimum atomic E-state index is -1.16. The van der Waals surface area contributed by atoms with Crippen LogP contribution in [0.25, 0.3) is 0 Å². The third-order valence-electron chi connectivity index (χ3n) is 5.75. The van der Waals surface area contributed by atoms with Crippen LogP contribution in [0, 0.1) is 23.7 Å². The number of para-hydroxylation sites is 1. The van der Waals surface area contributed by atoms with Crippen LogP contribution in [0.3, 0.4) is 0 Å². The van der Waals surface area contributed by atoms with Gasteiger partial charge >= 0.3 is 5.97 Å². The largest absolute Gasteiger partial charge is 0.478 e. The fourth-order valence-electron chi connectivity index (χ4n) is 4.74. The van der Waals surface area contributed by atoms with Gasteiger partial charge in [0.1, 0.15) is 6.54 Å².